The number of rotatable bonds is 5. The molecule has 2 aromatic rings. The first kappa shape index (κ1) is 14.4. The van der Waals surface area contributed by atoms with E-state index in [2.05, 4.69) is 10.2 Å². The van der Waals surface area contributed by atoms with Crippen molar-refractivity contribution in [1.82, 2.24) is 10.2 Å². The molecule has 1 heterocycles. The van der Waals surface area contributed by atoms with E-state index in [-0.39, 0.29) is 6.61 Å². The quantitative estimate of drug-likeness (QED) is 0.861. The summed E-state index contributed by atoms with van der Waals surface area (Å²) in [6.45, 7) is 4.09. The Labute approximate surface area is 121 Å². The van der Waals surface area contributed by atoms with Crippen LogP contribution in [-0.2, 0) is 11.3 Å². The normalized spacial score (nSPS) is 10.3. The minimum absolute atomic E-state index is 0.285. The molecular formula is C14H15ClN2O3. The van der Waals surface area contributed by atoms with Gasteiger partial charge in [-0.25, -0.2) is 4.79 Å². The number of aromatic amines is 1. The summed E-state index contributed by atoms with van der Waals surface area (Å²) < 4.78 is 10.5. The van der Waals surface area contributed by atoms with E-state index < -0.39 is 5.97 Å². The number of carbonyl (C=O) groups excluding carboxylic acids is 1. The summed E-state index contributed by atoms with van der Waals surface area (Å²) in [7, 11) is 0. The molecule has 0 spiro atoms. The van der Waals surface area contributed by atoms with Crippen LogP contribution in [0.25, 0.3) is 0 Å². The van der Waals surface area contributed by atoms with Crippen molar-refractivity contribution in [1.29, 1.82) is 0 Å². The standard InChI is InChI=1S/C14H15ClN2O3/c1-3-19-14(18)12-9(2)13(17-16-12)20-8-10-6-4-5-7-11(10)15/h4-7H,3,8H2,1-2H3,(H,16,17). The Morgan fingerprint density at radius 2 is 2.15 bits per heavy atom. The van der Waals surface area contributed by atoms with Crippen LogP contribution in [-0.4, -0.2) is 22.8 Å². The highest BCUT2D eigenvalue weighted by Crippen LogP contribution is 2.21. The summed E-state index contributed by atoms with van der Waals surface area (Å²) in [5, 5.41) is 7.23. The van der Waals surface area contributed by atoms with E-state index in [0.717, 1.165) is 5.56 Å². The number of aromatic nitrogens is 2. The molecule has 5 nitrogen and oxygen atoms in total. The smallest absolute Gasteiger partial charge is 0.356 e. The molecule has 0 aliphatic carbocycles. The second kappa shape index (κ2) is 6.43. The predicted molar refractivity (Wildman–Crippen MR) is 75.1 cm³/mol. The van der Waals surface area contributed by atoms with Gasteiger partial charge in [-0.05, 0) is 19.9 Å². The zero-order chi connectivity index (χ0) is 14.5. The summed E-state index contributed by atoms with van der Waals surface area (Å²) in [5.74, 6) is -0.0712. The van der Waals surface area contributed by atoms with Gasteiger partial charge in [-0.15, -0.1) is 5.10 Å². The lowest BCUT2D eigenvalue weighted by molar-refractivity contribution is 0.0518. The second-order valence-electron chi connectivity index (χ2n) is 4.13. The van der Waals surface area contributed by atoms with Crippen LogP contribution in [0.3, 0.4) is 0 Å². The van der Waals surface area contributed by atoms with E-state index in [1.165, 1.54) is 0 Å². The maximum absolute atomic E-state index is 11.6. The van der Waals surface area contributed by atoms with Crippen molar-refractivity contribution in [2.45, 2.75) is 20.5 Å². The second-order valence-corrected chi connectivity index (χ2v) is 4.54. The van der Waals surface area contributed by atoms with Gasteiger partial charge in [0.1, 0.15) is 12.3 Å². The van der Waals surface area contributed by atoms with Gasteiger partial charge in [0.05, 0.1) is 6.61 Å². The molecule has 0 saturated heterocycles. The summed E-state index contributed by atoms with van der Waals surface area (Å²) in [5.41, 5.74) is 1.78. The first-order valence-electron chi connectivity index (χ1n) is 6.21. The van der Waals surface area contributed by atoms with Crippen LogP contribution in [0.15, 0.2) is 24.3 Å². The molecule has 0 atom stereocenters. The minimum Gasteiger partial charge on any atom is -0.471 e. The van der Waals surface area contributed by atoms with Gasteiger partial charge >= 0.3 is 5.97 Å². The number of halogens is 1. The van der Waals surface area contributed by atoms with E-state index in [9.17, 15) is 4.79 Å². The van der Waals surface area contributed by atoms with E-state index in [0.29, 0.717) is 28.8 Å². The molecule has 0 fully saturated rings. The lowest BCUT2D eigenvalue weighted by atomic mass is 10.2. The number of H-pyrrole nitrogens is 1. The van der Waals surface area contributed by atoms with Crippen molar-refractivity contribution in [3.05, 3.63) is 46.1 Å². The van der Waals surface area contributed by atoms with Crippen molar-refractivity contribution in [3.8, 4) is 5.88 Å². The van der Waals surface area contributed by atoms with Crippen LogP contribution in [0.1, 0.15) is 28.5 Å². The Morgan fingerprint density at radius 3 is 2.85 bits per heavy atom. The predicted octanol–water partition coefficient (Wildman–Crippen LogP) is 3.13. The Balaban J connectivity index is 2.08. The molecule has 0 aliphatic heterocycles. The number of ether oxygens (including phenoxy) is 2. The first-order chi connectivity index (χ1) is 9.63. The number of nitrogens with zero attached hydrogens (tertiary/aromatic N) is 1. The first-order valence-corrected chi connectivity index (χ1v) is 6.59. The van der Waals surface area contributed by atoms with Crippen molar-refractivity contribution in [2.24, 2.45) is 0 Å². The number of benzene rings is 1. The van der Waals surface area contributed by atoms with E-state index >= 15 is 0 Å². The molecule has 0 amide bonds. The van der Waals surface area contributed by atoms with Gasteiger partial charge in [-0.1, -0.05) is 29.8 Å². The molecule has 0 bridgehead atoms. The third kappa shape index (κ3) is 3.11. The lowest BCUT2D eigenvalue weighted by Crippen LogP contribution is -2.06. The minimum atomic E-state index is -0.440. The van der Waals surface area contributed by atoms with Gasteiger partial charge < -0.3 is 9.47 Å². The summed E-state index contributed by atoms with van der Waals surface area (Å²) in [4.78, 5) is 11.6. The third-order valence-electron chi connectivity index (χ3n) is 2.77. The van der Waals surface area contributed by atoms with Crippen LogP contribution >= 0.6 is 11.6 Å². The van der Waals surface area contributed by atoms with Crippen molar-refractivity contribution >= 4 is 17.6 Å². The molecule has 0 unspecified atom stereocenters. The zero-order valence-corrected chi connectivity index (χ0v) is 12.0. The number of hydrogen-bond donors (Lipinski definition) is 1. The SMILES string of the molecule is CCOC(=O)c1[nH]nc(OCc2ccccc2Cl)c1C. The van der Waals surface area contributed by atoms with Crippen LogP contribution in [0.5, 0.6) is 5.88 Å². The van der Waals surface area contributed by atoms with Gasteiger partial charge in [-0.3, -0.25) is 5.10 Å². The molecule has 20 heavy (non-hydrogen) atoms. The molecule has 0 saturated carbocycles. The van der Waals surface area contributed by atoms with Gasteiger partial charge in [0.2, 0.25) is 5.88 Å². The molecular weight excluding hydrogens is 280 g/mol. The topological polar surface area (TPSA) is 64.2 Å². The molecule has 0 radical (unpaired) electrons. The fourth-order valence-corrected chi connectivity index (χ4v) is 1.88. The lowest BCUT2D eigenvalue weighted by Gasteiger charge is -2.06. The van der Waals surface area contributed by atoms with Crippen molar-refractivity contribution < 1.29 is 14.3 Å². The molecule has 0 aliphatic rings. The van der Waals surface area contributed by atoms with Gasteiger partial charge in [0.25, 0.3) is 0 Å². The Bertz CT molecular complexity index is 610. The number of carbonyl (C=O) groups is 1. The van der Waals surface area contributed by atoms with Gasteiger partial charge in [0.15, 0.2) is 0 Å². The summed E-state index contributed by atoms with van der Waals surface area (Å²) in [6.07, 6.45) is 0. The highest BCUT2D eigenvalue weighted by molar-refractivity contribution is 6.31. The Morgan fingerprint density at radius 1 is 1.40 bits per heavy atom. The van der Waals surface area contributed by atoms with Gasteiger partial charge in [-0.2, -0.15) is 0 Å². The largest absolute Gasteiger partial charge is 0.471 e. The highest BCUT2D eigenvalue weighted by Gasteiger charge is 2.17. The summed E-state index contributed by atoms with van der Waals surface area (Å²) in [6, 6.07) is 7.40. The fraction of sp³-hybridized carbons (Fsp3) is 0.286. The van der Waals surface area contributed by atoms with Crippen molar-refractivity contribution in [3.63, 3.8) is 0 Å². The molecule has 106 valence electrons. The third-order valence-corrected chi connectivity index (χ3v) is 3.14. The van der Waals surface area contributed by atoms with Crippen LogP contribution in [0.4, 0.5) is 0 Å². The van der Waals surface area contributed by atoms with Gasteiger partial charge in [0, 0.05) is 16.1 Å². The molecule has 1 N–H and O–H groups in total. The number of nitrogens with one attached hydrogen (secondary N) is 1. The van der Waals surface area contributed by atoms with Crippen LogP contribution in [0, 0.1) is 6.92 Å². The average molecular weight is 295 g/mol. The van der Waals surface area contributed by atoms with Crippen LogP contribution < -0.4 is 4.74 Å². The fourth-order valence-electron chi connectivity index (χ4n) is 1.69. The molecule has 1 aromatic carbocycles. The zero-order valence-electron chi connectivity index (χ0n) is 11.3. The van der Waals surface area contributed by atoms with E-state index in [1.54, 1.807) is 19.9 Å². The Kier molecular flexibility index (Phi) is 4.63. The Hall–Kier alpha value is -2.01. The number of esters is 1. The molecule has 2 rings (SSSR count). The monoisotopic (exact) mass is 294 g/mol. The van der Waals surface area contributed by atoms with Crippen LogP contribution in [0.2, 0.25) is 5.02 Å². The van der Waals surface area contributed by atoms with E-state index in [1.807, 2.05) is 18.2 Å². The average Bonchev–Trinajstić information content (AvgIpc) is 2.79. The number of hydrogen-bond acceptors (Lipinski definition) is 4. The maximum atomic E-state index is 11.6. The molecule has 1 aromatic heterocycles. The molecule has 6 heteroatoms. The maximum Gasteiger partial charge on any atom is 0.356 e. The van der Waals surface area contributed by atoms with E-state index in [4.69, 9.17) is 21.1 Å². The van der Waals surface area contributed by atoms with Crippen molar-refractivity contribution in [2.75, 3.05) is 6.61 Å². The summed E-state index contributed by atoms with van der Waals surface area (Å²) >= 11 is 6.04. The highest BCUT2D eigenvalue weighted by atomic mass is 35.5.